The lowest BCUT2D eigenvalue weighted by Crippen LogP contribution is -2.13. The summed E-state index contributed by atoms with van der Waals surface area (Å²) in [5, 5.41) is 2.91. The van der Waals surface area contributed by atoms with Crippen LogP contribution in [0, 0.1) is 5.92 Å². The second-order valence-corrected chi connectivity index (χ2v) is 4.59. The summed E-state index contributed by atoms with van der Waals surface area (Å²) in [5.41, 5.74) is 2.89. The van der Waals surface area contributed by atoms with Crippen LogP contribution < -0.4 is 5.32 Å². The molecule has 1 aliphatic rings. The van der Waals surface area contributed by atoms with Crippen LogP contribution in [0.1, 0.15) is 12.8 Å². The van der Waals surface area contributed by atoms with Crippen LogP contribution in [0.25, 0.3) is 11.1 Å². The van der Waals surface area contributed by atoms with Gasteiger partial charge in [0.15, 0.2) is 0 Å². The predicted octanol–water partition coefficient (Wildman–Crippen LogP) is 3.10. The minimum Gasteiger partial charge on any atom is -0.324 e. The van der Waals surface area contributed by atoms with Crippen LogP contribution >= 0.6 is 0 Å². The summed E-state index contributed by atoms with van der Waals surface area (Å²) in [6, 6.07) is 12.0. The number of hydrogen-bond donors (Lipinski definition) is 1. The van der Waals surface area contributed by atoms with Gasteiger partial charge >= 0.3 is 0 Å². The molecule has 1 aromatic carbocycles. The molecule has 0 radical (unpaired) electrons. The lowest BCUT2D eigenvalue weighted by Gasteiger charge is -2.06. The Labute approximate surface area is 106 Å². The van der Waals surface area contributed by atoms with Gasteiger partial charge < -0.3 is 5.32 Å². The van der Waals surface area contributed by atoms with Gasteiger partial charge in [0.2, 0.25) is 5.91 Å². The number of hydrogen-bond acceptors (Lipinski definition) is 2. The highest BCUT2D eigenvalue weighted by molar-refractivity contribution is 5.94. The van der Waals surface area contributed by atoms with Gasteiger partial charge in [-0.15, -0.1) is 0 Å². The average Bonchev–Trinajstić information content (AvgIpc) is 3.24. The quantitative estimate of drug-likeness (QED) is 0.892. The summed E-state index contributed by atoms with van der Waals surface area (Å²) in [5.74, 6) is 0.326. The van der Waals surface area contributed by atoms with Crippen LogP contribution in [0.15, 0.2) is 48.8 Å². The highest BCUT2D eigenvalue weighted by Gasteiger charge is 2.29. The molecule has 3 rings (SSSR count). The fraction of sp³-hybridized carbons (Fsp3) is 0.200. The zero-order valence-corrected chi connectivity index (χ0v) is 9.97. The van der Waals surface area contributed by atoms with Crippen molar-refractivity contribution in [3.05, 3.63) is 48.8 Å². The minimum absolute atomic E-state index is 0.113. The molecule has 1 amide bonds. The Balaban J connectivity index is 1.82. The molecule has 0 atom stereocenters. The molecule has 0 saturated heterocycles. The Hall–Kier alpha value is -2.16. The van der Waals surface area contributed by atoms with Crippen molar-refractivity contribution in [1.82, 2.24) is 4.98 Å². The average molecular weight is 238 g/mol. The fourth-order valence-corrected chi connectivity index (χ4v) is 1.89. The molecule has 90 valence electrons. The number of anilines is 1. The second kappa shape index (κ2) is 4.61. The van der Waals surface area contributed by atoms with Gasteiger partial charge in [0, 0.05) is 17.7 Å². The molecule has 1 fully saturated rings. The molecule has 18 heavy (non-hydrogen) atoms. The van der Waals surface area contributed by atoms with Crippen LogP contribution in [-0.4, -0.2) is 10.9 Å². The van der Waals surface area contributed by atoms with Gasteiger partial charge in [-0.25, -0.2) is 0 Å². The van der Waals surface area contributed by atoms with Crippen LogP contribution in [0.5, 0.6) is 0 Å². The molecular weight excluding hydrogens is 224 g/mol. The lowest BCUT2D eigenvalue weighted by atomic mass is 10.1. The van der Waals surface area contributed by atoms with Gasteiger partial charge in [-0.2, -0.15) is 0 Å². The van der Waals surface area contributed by atoms with Crippen molar-refractivity contribution in [2.45, 2.75) is 12.8 Å². The van der Waals surface area contributed by atoms with Crippen molar-refractivity contribution in [2.75, 3.05) is 5.32 Å². The summed E-state index contributed by atoms with van der Waals surface area (Å²) < 4.78 is 0. The standard InChI is InChI=1S/C15H14N2O/c18-15(12-6-7-12)17-14-8-13(9-16-10-14)11-4-2-1-3-5-11/h1-5,8-10,12H,6-7H2,(H,17,18). The van der Waals surface area contributed by atoms with Gasteiger partial charge in [0.1, 0.15) is 0 Å². The van der Waals surface area contributed by atoms with E-state index in [1.54, 1.807) is 6.20 Å². The predicted molar refractivity (Wildman–Crippen MR) is 71.0 cm³/mol. The third-order valence-corrected chi connectivity index (χ3v) is 3.06. The Morgan fingerprint density at radius 1 is 1.11 bits per heavy atom. The van der Waals surface area contributed by atoms with E-state index in [0.29, 0.717) is 0 Å². The number of benzene rings is 1. The van der Waals surface area contributed by atoms with Crippen molar-refractivity contribution in [2.24, 2.45) is 5.92 Å². The van der Waals surface area contributed by atoms with Gasteiger partial charge in [-0.05, 0) is 24.5 Å². The van der Waals surface area contributed by atoms with Gasteiger partial charge in [-0.3, -0.25) is 9.78 Å². The molecule has 0 unspecified atom stereocenters. The van der Waals surface area contributed by atoms with Gasteiger partial charge in [0.05, 0.1) is 11.9 Å². The van der Waals surface area contributed by atoms with Crippen molar-refractivity contribution in [3.63, 3.8) is 0 Å². The molecular formula is C15H14N2O. The van der Waals surface area contributed by atoms with E-state index in [0.717, 1.165) is 29.7 Å². The number of carbonyl (C=O) groups excluding carboxylic acids is 1. The van der Waals surface area contributed by atoms with E-state index in [9.17, 15) is 4.79 Å². The molecule has 3 nitrogen and oxygen atoms in total. The summed E-state index contributed by atoms with van der Waals surface area (Å²) >= 11 is 0. The SMILES string of the molecule is O=C(Nc1cncc(-c2ccccc2)c1)C1CC1. The first-order valence-electron chi connectivity index (χ1n) is 6.14. The number of rotatable bonds is 3. The normalized spacial score (nSPS) is 14.2. The maximum absolute atomic E-state index is 11.7. The number of nitrogens with one attached hydrogen (secondary N) is 1. The molecule has 0 aliphatic heterocycles. The number of nitrogens with zero attached hydrogens (tertiary/aromatic N) is 1. The molecule has 1 aliphatic carbocycles. The van der Waals surface area contributed by atoms with Crippen LogP contribution in [0.3, 0.4) is 0 Å². The van der Waals surface area contributed by atoms with E-state index in [1.165, 1.54) is 0 Å². The summed E-state index contributed by atoms with van der Waals surface area (Å²) in [6.45, 7) is 0. The van der Waals surface area contributed by atoms with Crippen molar-refractivity contribution < 1.29 is 4.79 Å². The first-order chi connectivity index (χ1) is 8.83. The first kappa shape index (κ1) is 11.0. The maximum Gasteiger partial charge on any atom is 0.227 e. The Bertz CT molecular complexity index is 562. The zero-order chi connectivity index (χ0) is 12.4. The summed E-state index contributed by atoms with van der Waals surface area (Å²) in [6.07, 6.45) is 5.52. The molecule has 1 N–H and O–H groups in total. The molecule has 2 aromatic rings. The first-order valence-corrected chi connectivity index (χ1v) is 6.14. The monoisotopic (exact) mass is 238 g/mol. The second-order valence-electron chi connectivity index (χ2n) is 4.59. The van der Waals surface area contributed by atoms with Crippen molar-refractivity contribution in [1.29, 1.82) is 0 Å². The number of aromatic nitrogens is 1. The van der Waals surface area contributed by atoms with Crippen LogP contribution in [0.4, 0.5) is 5.69 Å². The Morgan fingerprint density at radius 3 is 2.61 bits per heavy atom. The summed E-state index contributed by atoms with van der Waals surface area (Å²) in [7, 11) is 0. The van der Waals surface area contributed by atoms with E-state index in [4.69, 9.17) is 0 Å². The van der Waals surface area contributed by atoms with Gasteiger partial charge in [-0.1, -0.05) is 30.3 Å². The van der Waals surface area contributed by atoms with Crippen molar-refractivity contribution >= 4 is 11.6 Å². The third kappa shape index (κ3) is 2.40. The topological polar surface area (TPSA) is 42.0 Å². The molecule has 1 aromatic heterocycles. The van der Waals surface area contributed by atoms with E-state index >= 15 is 0 Å². The molecule has 1 saturated carbocycles. The van der Waals surface area contributed by atoms with E-state index in [1.807, 2.05) is 42.6 Å². The fourth-order valence-electron chi connectivity index (χ4n) is 1.89. The molecule has 3 heteroatoms. The zero-order valence-electron chi connectivity index (χ0n) is 9.97. The van der Waals surface area contributed by atoms with E-state index in [2.05, 4.69) is 10.3 Å². The van der Waals surface area contributed by atoms with E-state index in [-0.39, 0.29) is 11.8 Å². The number of pyridine rings is 1. The van der Waals surface area contributed by atoms with Gasteiger partial charge in [0.25, 0.3) is 0 Å². The molecule has 1 heterocycles. The highest BCUT2D eigenvalue weighted by Crippen LogP contribution is 2.30. The number of amides is 1. The number of carbonyl (C=O) groups is 1. The third-order valence-electron chi connectivity index (χ3n) is 3.06. The smallest absolute Gasteiger partial charge is 0.227 e. The minimum atomic E-state index is 0.113. The van der Waals surface area contributed by atoms with Crippen LogP contribution in [-0.2, 0) is 4.79 Å². The van der Waals surface area contributed by atoms with Crippen molar-refractivity contribution in [3.8, 4) is 11.1 Å². The lowest BCUT2D eigenvalue weighted by molar-refractivity contribution is -0.117. The summed E-state index contributed by atoms with van der Waals surface area (Å²) in [4.78, 5) is 15.9. The largest absolute Gasteiger partial charge is 0.324 e. The molecule has 0 spiro atoms. The van der Waals surface area contributed by atoms with E-state index < -0.39 is 0 Å². The van der Waals surface area contributed by atoms with Crippen LogP contribution in [0.2, 0.25) is 0 Å². The maximum atomic E-state index is 11.7. The highest BCUT2D eigenvalue weighted by atomic mass is 16.2. The molecule has 0 bridgehead atoms. The Morgan fingerprint density at radius 2 is 1.89 bits per heavy atom. The Kier molecular flexibility index (Phi) is 2.81.